The normalized spacial score (nSPS) is 9.35. The molecular weight excluding hydrogens is 305 g/mol. The van der Waals surface area contributed by atoms with Crippen molar-refractivity contribution in [2.75, 3.05) is 25.0 Å². The molecule has 0 unspecified atom stereocenters. The second-order valence-corrected chi connectivity index (χ2v) is 4.04. The molecule has 1 aromatic carbocycles. The Labute approximate surface area is 128 Å². The zero-order valence-corrected chi connectivity index (χ0v) is 12.5. The summed E-state index contributed by atoms with van der Waals surface area (Å²) in [4.78, 5) is 22.5. The number of halogens is 2. The predicted molar refractivity (Wildman–Crippen MR) is 80.6 cm³/mol. The molecule has 0 saturated carbocycles. The first-order chi connectivity index (χ1) is 9.06. The number of nitrogens with one attached hydrogen (secondary N) is 2. The molecule has 8 heteroatoms. The standard InChI is InChI=1S/C12H16ClN3O3.ClH/c1-2-19-10-5-8(13)3-4-9(10)16-12(18)7-15-11(17)6-14;/h3-5H,2,6-7,14H2,1H3,(H,15,17)(H,16,18);1H. The van der Waals surface area contributed by atoms with Crippen molar-refractivity contribution in [1.82, 2.24) is 5.32 Å². The fraction of sp³-hybridized carbons (Fsp3) is 0.333. The van der Waals surface area contributed by atoms with E-state index in [0.29, 0.717) is 23.1 Å². The summed E-state index contributed by atoms with van der Waals surface area (Å²) in [5.74, 6) is -0.283. The third-order valence-corrected chi connectivity index (χ3v) is 2.38. The largest absolute Gasteiger partial charge is 0.492 e. The fourth-order valence-corrected chi connectivity index (χ4v) is 1.48. The third kappa shape index (κ3) is 6.10. The molecule has 0 aromatic heterocycles. The number of ether oxygens (including phenoxy) is 1. The summed E-state index contributed by atoms with van der Waals surface area (Å²) in [6.07, 6.45) is 0. The highest BCUT2D eigenvalue weighted by Gasteiger charge is 2.09. The molecule has 0 heterocycles. The average molecular weight is 322 g/mol. The van der Waals surface area contributed by atoms with Gasteiger partial charge in [0.2, 0.25) is 11.8 Å². The molecule has 0 spiro atoms. The lowest BCUT2D eigenvalue weighted by atomic mass is 10.3. The van der Waals surface area contributed by atoms with Crippen molar-refractivity contribution in [1.29, 1.82) is 0 Å². The highest BCUT2D eigenvalue weighted by Crippen LogP contribution is 2.28. The van der Waals surface area contributed by atoms with E-state index in [1.165, 1.54) is 0 Å². The number of carbonyl (C=O) groups excluding carboxylic acids is 2. The summed E-state index contributed by atoms with van der Waals surface area (Å²) >= 11 is 5.85. The topological polar surface area (TPSA) is 93.5 Å². The van der Waals surface area contributed by atoms with Gasteiger partial charge in [0, 0.05) is 11.1 Å². The maximum atomic E-state index is 11.6. The molecule has 0 saturated heterocycles. The first-order valence-corrected chi connectivity index (χ1v) is 6.13. The molecule has 0 bridgehead atoms. The van der Waals surface area contributed by atoms with Crippen LogP contribution in [-0.4, -0.2) is 31.5 Å². The van der Waals surface area contributed by atoms with Crippen LogP contribution in [0, 0.1) is 0 Å². The van der Waals surface area contributed by atoms with E-state index in [1.807, 2.05) is 6.92 Å². The Kier molecular flexibility index (Phi) is 8.71. The van der Waals surface area contributed by atoms with Gasteiger partial charge in [0.15, 0.2) is 0 Å². The maximum absolute atomic E-state index is 11.6. The molecule has 1 aromatic rings. The van der Waals surface area contributed by atoms with Gasteiger partial charge in [-0.05, 0) is 19.1 Å². The number of rotatable bonds is 6. The molecule has 2 amide bonds. The van der Waals surface area contributed by atoms with Crippen molar-refractivity contribution in [3.05, 3.63) is 23.2 Å². The molecule has 0 fully saturated rings. The second kappa shape index (κ2) is 9.41. The Morgan fingerprint density at radius 2 is 2.05 bits per heavy atom. The van der Waals surface area contributed by atoms with Gasteiger partial charge in [-0.2, -0.15) is 0 Å². The molecule has 112 valence electrons. The van der Waals surface area contributed by atoms with Crippen LogP contribution in [0.1, 0.15) is 6.92 Å². The van der Waals surface area contributed by atoms with Crippen LogP contribution in [0.2, 0.25) is 5.02 Å². The summed E-state index contributed by atoms with van der Waals surface area (Å²) in [6, 6.07) is 4.88. The lowest BCUT2D eigenvalue weighted by Crippen LogP contribution is -2.36. The van der Waals surface area contributed by atoms with E-state index < -0.39 is 5.91 Å². The number of hydrogen-bond acceptors (Lipinski definition) is 4. The monoisotopic (exact) mass is 321 g/mol. The van der Waals surface area contributed by atoms with E-state index in [-0.39, 0.29) is 31.4 Å². The van der Waals surface area contributed by atoms with E-state index in [1.54, 1.807) is 18.2 Å². The zero-order chi connectivity index (χ0) is 14.3. The van der Waals surface area contributed by atoms with Crippen molar-refractivity contribution in [3.63, 3.8) is 0 Å². The Bertz CT molecular complexity index is 469. The number of nitrogens with two attached hydrogens (primary N) is 1. The van der Waals surface area contributed by atoms with Gasteiger partial charge < -0.3 is 21.1 Å². The van der Waals surface area contributed by atoms with Gasteiger partial charge in [-0.25, -0.2) is 0 Å². The second-order valence-electron chi connectivity index (χ2n) is 3.60. The van der Waals surface area contributed by atoms with E-state index in [2.05, 4.69) is 10.6 Å². The van der Waals surface area contributed by atoms with Gasteiger partial charge >= 0.3 is 0 Å². The number of carbonyl (C=O) groups is 2. The minimum Gasteiger partial charge on any atom is -0.492 e. The number of benzene rings is 1. The molecular formula is C12H17Cl2N3O3. The van der Waals surface area contributed by atoms with Crippen LogP contribution in [0.5, 0.6) is 5.75 Å². The highest BCUT2D eigenvalue weighted by atomic mass is 35.5. The van der Waals surface area contributed by atoms with Gasteiger partial charge in [-0.3, -0.25) is 9.59 Å². The predicted octanol–water partition coefficient (Wildman–Crippen LogP) is 1.17. The lowest BCUT2D eigenvalue weighted by molar-refractivity contribution is -0.123. The van der Waals surface area contributed by atoms with Crippen LogP contribution >= 0.6 is 24.0 Å². The SMILES string of the molecule is CCOc1cc(Cl)ccc1NC(=O)CNC(=O)CN.Cl. The number of anilines is 1. The van der Waals surface area contributed by atoms with E-state index in [4.69, 9.17) is 22.1 Å². The Hall–Kier alpha value is -1.50. The smallest absolute Gasteiger partial charge is 0.243 e. The Morgan fingerprint density at radius 1 is 1.35 bits per heavy atom. The van der Waals surface area contributed by atoms with Gasteiger partial charge in [-0.15, -0.1) is 12.4 Å². The zero-order valence-electron chi connectivity index (χ0n) is 10.9. The molecule has 1 rings (SSSR count). The minimum atomic E-state index is -0.392. The molecule has 0 atom stereocenters. The summed E-state index contributed by atoms with van der Waals surface area (Å²) in [6.45, 7) is 1.98. The van der Waals surface area contributed by atoms with Crippen molar-refractivity contribution < 1.29 is 14.3 Å². The maximum Gasteiger partial charge on any atom is 0.243 e. The molecule has 0 aliphatic carbocycles. The Morgan fingerprint density at radius 3 is 2.65 bits per heavy atom. The fourth-order valence-electron chi connectivity index (χ4n) is 1.32. The van der Waals surface area contributed by atoms with Crippen LogP contribution in [0.15, 0.2) is 18.2 Å². The Balaban J connectivity index is 0.00000361. The third-order valence-electron chi connectivity index (χ3n) is 2.15. The summed E-state index contributed by atoms with van der Waals surface area (Å²) in [5.41, 5.74) is 5.61. The number of amides is 2. The summed E-state index contributed by atoms with van der Waals surface area (Å²) in [5, 5.41) is 5.51. The summed E-state index contributed by atoms with van der Waals surface area (Å²) < 4.78 is 5.36. The van der Waals surface area contributed by atoms with E-state index >= 15 is 0 Å². The summed E-state index contributed by atoms with van der Waals surface area (Å²) in [7, 11) is 0. The lowest BCUT2D eigenvalue weighted by Gasteiger charge is -2.12. The van der Waals surface area contributed by atoms with Crippen LogP contribution in [0.3, 0.4) is 0 Å². The molecule has 0 aliphatic rings. The number of hydrogen-bond donors (Lipinski definition) is 3. The molecule has 0 radical (unpaired) electrons. The minimum absolute atomic E-state index is 0. The van der Waals surface area contributed by atoms with Gasteiger partial charge in [-0.1, -0.05) is 11.6 Å². The van der Waals surface area contributed by atoms with Crippen molar-refractivity contribution in [2.45, 2.75) is 6.92 Å². The molecule has 20 heavy (non-hydrogen) atoms. The quantitative estimate of drug-likeness (QED) is 0.733. The van der Waals surface area contributed by atoms with Crippen molar-refractivity contribution in [3.8, 4) is 5.75 Å². The van der Waals surface area contributed by atoms with Crippen LogP contribution in [0.25, 0.3) is 0 Å². The first kappa shape index (κ1) is 18.5. The van der Waals surface area contributed by atoms with Crippen LogP contribution < -0.4 is 21.1 Å². The highest BCUT2D eigenvalue weighted by molar-refractivity contribution is 6.30. The molecule has 4 N–H and O–H groups in total. The van der Waals surface area contributed by atoms with Gasteiger partial charge in [0.25, 0.3) is 0 Å². The van der Waals surface area contributed by atoms with E-state index in [0.717, 1.165) is 0 Å². The average Bonchev–Trinajstić information content (AvgIpc) is 2.39. The van der Waals surface area contributed by atoms with Crippen LogP contribution in [-0.2, 0) is 9.59 Å². The first-order valence-electron chi connectivity index (χ1n) is 5.75. The molecule has 6 nitrogen and oxygen atoms in total. The molecule has 0 aliphatic heterocycles. The van der Waals surface area contributed by atoms with E-state index in [9.17, 15) is 9.59 Å². The van der Waals surface area contributed by atoms with Gasteiger partial charge in [0.1, 0.15) is 5.75 Å². The van der Waals surface area contributed by atoms with Crippen molar-refractivity contribution in [2.24, 2.45) is 5.73 Å². The van der Waals surface area contributed by atoms with Crippen molar-refractivity contribution >= 4 is 41.5 Å². The van der Waals surface area contributed by atoms with Gasteiger partial charge in [0.05, 0.1) is 25.4 Å². The van der Waals surface area contributed by atoms with Crippen LogP contribution in [0.4, 0.5) is 5.69 Å².